The molecule has 0 amide bonds. The largest absolute Gasteiger partial charge is 0.508 e. The number of hydrogen-bond donors (Lipinski definition) is 2. The predicted molar refractivity (Wildman–Crippen MR) is 85.2 cm³/mol. The van der Waals surface area contributed by atoms with Crippen molar-refractivity contribution in [3.8, 4) is 16.9 Å². The summed E-state index contributed by atoms with van der Waals surface area (Å²) in [5, 5.41) is 23.7. The van der Waals surface area contributed by atoms with Crippen LogP contribution in [0.3, 0.4) is 0 Å². The van der Waals surface area contributed by atoms with E-state index in [1.165, 1.54) is 6.21 Å². The van der Waals surface area contributed by atoms with Gasteiger partial charge in [0.1, 0.15) is 5.75 Å². The number of benzene rings is 3. The maximum atomic E-state index is 9.67. The van der Waals surface area contributed by atoms with Crippen LogP contribution in [0.15, 0.2) is 59.8 Å². The van der Waals surface area contributed by atoms with Crippen LogP contribution in [0.2, 0.25) is 0 Å². The summed E-state index contributed by atoms with van der Waals surface area (Å²) in [5.41, 5.74) is 3.85. The van der Waals surface area contributed by atoms with E-state index >= 15 is 0 Å². The van der Waals surface area contributed by atoms with Gasteiger partial charge in [0, 0.05) is 5.56 Å². The SMILES string of the molecule is Cc1cc(-c2ccc(/C=N\O)c3ccccc23)ccc1O. The number of phenols is 1. The van der Waals surface area contributed by atoms with Crippen LogP contribution in [0.5, 0.6) is 5.75 Å². The Morgan fingerprint density at radius 3 is 2.43 bits per heavy atom. The Hall–Kier alpha value is -2.81. The van der Waals surface area contributed by atoms with Crippen LogP contribution in [-0.4, -0.2) is 16.5 Å². The molecule has 3 aromatic rings. The van der Waals surface area contributed by atoms with Gasteiger partial charge >= 0.3 is 0 Å². The van der Waals surface area contributed by atoms with Gasteiger partial charge < -0.3 is 10.3 Å². The molecule has 0 aromatic heterocycles. The van der Waals surface area contributed by atoms with Crippen LogP contribution in [-0.2, 0) is 0 Å². The number of rotatable bonds is 2. The second-order valence-electron chi connectivity index (χ2n) is 4.99. The van der Waals surface area contributed by atoms with Crippen molar-refractivity contribution in [1.82, 2.24) is 0 Å². The first-order chi connectivity index (χ1) is 10.2. The van der Waals surface area contributed by atoms with Crippen LogP contribution in [0.25, 0.3) is 21.9 Å². The van der Waals surface area contributed by atoms with Crippen LogP contribution in [0.1, 0.15) is 11.1 Å². The molecule has 21 heavy (non-hydrogen) atoms. The third-order valence-electron chi connectivity index (χ3n) is 3.66. The van der Waals surface area contributed by atoms with Crippen molar-refractivity contribution in [1.29, 1.82) is 0 Å². The highest BCUT2D eigenvalue weighted by Gasteiger charge is 2.08. The third kappa shape index (κ3) is 2.34. The molecule has 0 bridgehead atoms. The van der Waals surface area contributed by atoms with Crippen molar-refractivity contribution in [3.05, 3.63) is 65.7 Å². The minimum absolute atomic E-state index is 0.298. The Bertz CT molecular complexity index is 838. The number of phenolic OH excluding ortho intramolecular Hbond substituents is 1. The Morgan fingerprint density at radius 1 is 0.952 bits per heavy atom. The highest BCUT2D eigenvalue weighted by Crippen LogP contribution is 2.32. The Morgan fingerprint density at radius 2 is 1.71 bits per heavy atom. The summed E-state index contributed by atoms with van der Waals surface area (Å²) in [6.07, 6.45) is 1.44. The maximum absolute atomic E-state index is 9.67. The quantitative estimate of drug-likeness (QED) is 0.416. The van der Waals surface area contributed by atoms with Gasteiger partial charge in [-0.2, -0.15) is 0 Å². The van der Waals surface area contributed by atoms with Gasteiger partial charge in [-0.25, -0.2) is 0 Å². The molecular weight excluding hydrogens is 262 g/mol. The second-order valence-corrected chi connectivity index (χ2v) is 4.99. The minimum Gasteiger partial charge on any atom is -0.508 e. The molecule has 3 heteroatoms. The van der Waals surface area contributed by atoms with E-state index in [2.05, 4.69) is 5.16 Å². The van der Waals surface area contributed by atoms with Crippen molar-refractivity contribution < 1.29 is 10.3 Å². The van der Waals surface area contributed by atoms with E-state index in [4.69, 9.17) is 5.21 Å². The maximum Gasteiger partial charge on any atom is 0.118 e. The normalized spacial score (nSPS) is 11.3. The van der Waals surface area contributed by atoms with Gasteiger partial charge in [-0.05, 0) is 46.5 Å². The lowest BCUT2D eigenvalue weighted by molar-refractivity contribution is 0.322. The van der Waals surface area contributed by atoms with Crippen molar-refractivity contribution in [3.63, 3.8) is 0 Å². The highest BCUT2D eigenvalue weighted by molar-refractivity contribution is 6.06. The molecule has 0 saturated carbocycles. The summed E-state index contributed by atoms with van der Waals surface area (Å²) in [4.78, 5) is 0. The summed E-state index contributed by atoms with van der Waals surface area (Å²) in [5.74, 6) is 0.298. The molecule has 0 aliphatic heterocycles. The average molecular weight is 277 g/mol. The van der Waals surface area contributed by atoms with Gasteiger partial charge in [-0.1, -0.05) is 47.6 Å². The number of fused-ring (bicyclic) bond motifs is 1. The number of aryl methyl sites for hydroxylation is 1. The highest BCUT2D eigenvalue weighted by atomic mass is 16.4. The van der Waals surface area contributed by atoms with E-state index in [0.717, 1.165) is 33.0 Å². The van der Waals surface area contributed by atoms with E-state index in [9.17, 15) is 5.11 Å². The van der Waals surface area contributed by atoms with E-state index in [1.807, 2.05) is 55.5 Å². The van der Waals surface area contributed by atoms with Crippen LogP contribution in [0, 0.1) is 6.92 Å². The van der Waals surface area contributed by atoms with Gasteiger partial charge in [0.15, 0.2) is 0 Å². The van der Waals surface area contributed by atoms with Crippen molar-refractivity contribution in [2.75, 3.05) is 0 Å². The van der Waals surface area contributed by atoms with Gasteiger partial charge in [0.25, 0.3) is 0 Å². The molecule has 0 unspecified atom stereocenters. The molecule has 3 aromatic carbocycles. The topological polar surface area (TPSA) is 52.8 Å². The lowest BCUT2D eigenvalue weighted by atomic mass is 9.94. The molecule has 0 fully saturated rings. The third-order valence-corrected chi connectivity index (χ3v) is 3.66. The lowest BCUT2D eigenvalue weighted by Crippen LogP contribution is -1.88. The Kier molecular flexibility index (Phi) is 3.32. The molecule has 0 saturated heterocycles. The van der Waals surface area contributed by atoms with E-state index < -0.39 is 0 Å². The molecular formula is C18H15NO2. The first-order valence-electron chi connectivity index (χ1n) is 6.70. The smallest absolute Gasteiger partial charge is 0.118 e. The van der Waals surface area contributed by atoms with E-state index in [-0.39, 0.29) is 0 Å². The molecule has 0 radical (unpaired) electrons. The molecule has 0 aliphatic carbocycles. The standard InChI is InChI=1S/C18H15NO2/c1-12-10-13(7-9-18(12)20)16-8-6-14(11-19-21)15-4-2-3-5-17(15)16/h2-11,20-21H,1H3/b19-11-. The fraction of sp³-hybridized carbons (Fsp3) is 0.0556. The van der Waals surface area contributed by atoms with Gasteiger partial charge in [-0.3, -0.25) is 0 Å². The summed E-state index contributed by atoms with van der Waals surface area (Å²) in [7, 11) is 0. The summed E-state index contributed by atoms with van der Waals surface area (Å²) in [6, 6.07) is 17.5. The number of nitrogens with zero attached hydrogens (tertiary/aromatic N) is 1. The van der Waals surface area contributed by atoms with Crippen LogP contribution < -0.4 is 0 Å². The zero-order valence-electron chi connectivity index (χ0n) is 11.6. The monoisotopic (exact) mass is 277 g/mol. The fourth-order valence-electron chi connectivity index (χ4n) is 2.57. The average Bonchev–Trinajstić information content (AvgIpc) is 2.51. The first kappa shape index (κ1) is 13.2. The molecule has 3 rings (SSSR count). The van der Waals surface area contributed by atoms with Crippen LogP contribution in [0.4, 0.5) is 0 Å². The van der Waals surface area contributed by atoms with Gasteiger partial charge in [0.05, 0.1) is 6.21 Å². The first-order valence-corrected chi connectivity index (χ1v) is 6.70. The van der Waals surface area contributed by atoms with Crippen molar-refractivity contribution >= 4 is 17.0 Å². The summed E-state index contributed by atoms with van der Waals surface area (Å²) >= 11 is 0. The molecule has 0 atom stereocenters. The summed E-state index contributed by atoms with van der Waals surface area (Å²) < 4.78 is 0. The molecule has 0 spiro atoms. The molecule has 2 N–H and O–H groups in total. The van der Waals surface area contributed by atoms with E-state index in [0.29, 0.717) is 5.75 Å². The predicted octanol–water partition coefficient (Wildman–Crippen LogP) is 4.33. The Balaban J connectivity index is 2.28. The van der Waals surface area contributed by atoms with Gasteiger partial charge in [0.2, 0.25) is 0 Å². The van der Waals surface area contributed by atoms with Crippen molar-refractivity contribution in [2.45, 2.75) is 6.92 Å². The minimum atomic E-state index is 0.298. The van der Waals surface area contributed by atoms with Crippen LogP contribution >= 0.6 is 0 Å². The zero-order valence-corrected chi connectivity index (χ0v) is 11.6. The molecule has 0 heterocycles. The van der Waals surface area contributed by atoms with Crippen molar-refractivity contribution in [2.24, 2.45) is 5.16 Å². The number of oxime groups is 1. The zero-order chi connectivity index (χ0) is 14.8. The number of hydrogen-bond acceptors (Lipinski definition) is 3. The second kappa shape index (κ2) is 5.29. The molecule has 104 valence electrons. The number of aromatic hydroxyl groups is 1. The molecule has 0 aliphatic rings. The Labute approximate surface area is 122 Å². The fourth-order valence-corrected chi connectivity index (χ4v) is 2.57. The summed E-state index contributed by atoms with van der Waals surface area (Å²) in [6.45, 7) is 1.88. The molecule has 3 nitrogen and oxygen atoms in total. The lowest BCUT2D eigenvalue weighted by Gasteiger charge is -2.10. The van der Waals surface area contributed by atoms with E-state index in [1.54, 1.807) is 6.07 Å². The van der Waals surface area contributed by atoms with Gasteiger partial charge in [-0.15, -0.1) is 0 Å².